The van der Waals surface area contributed by atoms with E-state index in [1.165, 1.54) is 6.20 Å². The molecular weight excluding hydrogens is 294 g/mol. The molecule has 120 valence electrons. The zero-order valence-corrected chi connectivity index (χ0v) is 11.9. The molecule has 1 aliphatic heterocycles. The summed E-state index contributed by atoms with van der Waals surface area (Å²) in [4.78, 5) is 26.3. The van der Waals surface area contributed by atoms with Gasteiger partial charge in [0.05, 0.1) is 31.4 Å². The number of nitrogens with two attached hydrogens (primary N) is 1. The molecule has 0 amide bonds. The topological polar surface area (TPSA) is 137 Å². The largest absolute Gasteiger partial charge is 0.488 e. The Balaban J connectivity index is 2.47. The molecule has 0 aliphatic carbocycles. The fourth-order valence-electron chi connectivity index (χ4n) is 2.34. The zero-order chi connectivity index (χ0) is 16.3. The molecule has 0 spiro atoms. The first kappa shape index (κ1) is 16.2. The average molecular weight is 311 g/mol. The van der Waals surface area contributed by atoms with Crippen LogP contribution in [-0.2, 0) is 9.53 Å². The van der Waals surface area contributed by atoms with Crippen LogP contribution in [0, 0.1) is 5.92 Å². The van der Waals surface area contributed by atoms with E-state index in [-0.39, 0.29) is 11.6 Å². The molecule has 1 aliphatic rings. The van der Waals surface area contributed by atoms with E-state index >= 15 is 0 Å². The van der Waals surface area contributed by atoms with Gasteiger partial charge in [-0.1, -0.05) is 0 Å². The van der Waals surface area contributed by atoms with Crippen molar-refractivity contribution in [1.29, 1.82) is 0 Å². The van der Waals surface area contributed by atoms with Gasteiger partial charge in [-0.05, 0) is 6.92 Å². The summed E-state index contributed by atoms with van der Waals surface area (Å²) in [5, 5.41) is 19.2. The second-order valence-electron chi connectivity index (χ2n) is 4.71. The Morgan fingerprint density at radius 1 is 1.64 bits per heavy atom. The van der Waals surface area contributed by atoms with Gasteiger partial charge in [0.25, 0.3) is 0 Å². The maximum Gasteiger partial charge on any atom is 0.351 e. The first-order valence-electron chi connectivity index (χ1n) is 6.70. The van der Waals surface area contributed by atoms with Crippen molar-refractivity contribution in [2.45, 2.75) is 25.4 Å². The summed E-state index contributed by atoms with van der Waals surface area (Å²) in [6.45, 7) is 1.59. The predicted octanol–water partition coefficient (Wildman–Crippen LogP) is -1.52. The quantitative estimate of drug-likeness (QED) is 0.557. The summed E-state index contributed by atoms with van der Waals surface area (Å²) in [5.74, 6) is 0.827. The second kappa shape index (κ2) is 6.71. The third-order valence-electron chi connectivity index (χ3n) is 3.38. The lowest BCUT2D eigenvalue weighted by Crippen LogP contribution is -2.32. The molecule has 2 rings (SSSR count). The predicted molar refractivity (Wildman–Crippen MR) is 74.8 cm³/mol. The van der Waals surface area contributed by atoms with Gasteiger partial charge in [-0.15, -0.1) is 0 Å². The molecule has 4 atom stereocenters. The first-order valence-corrected chi connectivity index (χ1v) is 6.70. The highest BCUT2D eigenvalue weighted by Crippen LogP contribution is 2.35. The fraction of sp³-hybridized carbons (Fsp3) is 0.538. The standard InChI is InChI=1S/C13H17N3O6/c1-2-21-8-5-16(13(20)15-11(8)14)12-7(3-4-17)10(19)9(6-18)22-12/h3,5,7,9-10,12,18-19H,2,6H2,1H3,(H2,14,15,20)/t7-,9-,10+,12-/m1/s1. The van der Waals surface area contributed by atoms with E-state index in [1.54, 1.807) is 12.9 Å². The number of nitrogens with zero attached hydrogens (tertiary/aromatic N) is 2. The monoisotopic (exact) mass is 311 g/mol. The van der Waals surface area contributed by atoms with E-state index in [4.69, 9.17) is 15.2 Å². The number of aliphatic hydroxyl groups is 2. The van der Waals surface area contributed by atoms with Crippen molar-refractivity contribution < 1.29 is 24.5 Å². The minimum absolute atomic E-state index is 0.0668. The number of nitrogen functional groups attached to an aromatic ring is 1. The molecule has 0 aromatic carbocycles. The number of carbonyl (C=O) groups excluding carboxylic acids is 1. The number of aromatic nitrogens is 2. The van der Waals surface area contributed by atoms with E-state index in [1.807, 2.05) is 0 Å². The Morgan fingerprint density at radius 3 is 2.95 bits per heavy atom. The van der Waals surface area contributed by atoms with Crippen LogP contribution < -0.4 is 16.2 Å². The lowest BCUT2D eigenvalue weighted by molar-refractivity contribution is -0.0472. The van der Waals surface area contributed by atoms with Crippen LogP contribution in [0.25, 0.3) is 0 Å². The van der Waals surface area contributed by atoms with Gasteiger partial charge in [-0.3, -0.25) is 4.57 Å². The summed E-state index contributed by atoms with van der Waals surface area (Å²) in [7, 11) is 0. The number of rotatable bonds is 5. The molecule has 22 heavy (non-hydrogen) atoms. The van der Waals surface area contributed by atoms with Crippen molar-refractivity contribution in [3.05, 3.63) is 22.8 Å². The zero-order valence-electron chi connectivity index (χ0n) is 11.9. The van der Waals surface area contributed by atoms with Crippen molar-refractivity contribution in [1.82, 2.24) is 9.55 Å². The van der Waals surface area contributed by atoms with Gasteiger partial charge >= 0.3 is 5.69 Å². The normalized spacial score (nSPS) is 27.4. The van der Waals surface area contributed by atoms with Gasteiger partial charge in [0.2, 0.25) is 0 Å². The Hall–Kier alpha value is -2.19. The third kappa shape index (κ3) is 2.88. The Kier molecular flexibility index (Phi) is 4.94. The van der Waals surface area contributed by atoms with E-state index < -0.39 is 36.7 Å². The lowest BCUT2D eigenvalue weighted by atomic mass is 10.00. The van der Waals surface area contributed by atoms with Gasteiger partial charge in [0.1, 0.15) is 18.3 Å². The average Bonchev–Trinajstić information content (AvgIpc) is 2.79. The van der Waals surface area contributed by atoms with Gasteiger partial charge < -0.3 is 25.4 Å². The molecular formula is C13H17N3O6. The van der Waals surface area contributed by atoms with Crippen molar-refractivity contribution in [3.63, 3.8) is 0 Å². The highest BCUT2D eigenvalue weighted by atomic mass is 16.5. The van der Waals surface area contributed by atoms with Crippen molar-refractivity contribution >= 4 is 11.8 Å². The summed E-state index contributed by atoms with van der Waals surface area (Å²) in [6.07, 6.45) is -0.755. The molecule has 0 radical (unpaired) electrons. The van der Waals surface area contributed by atoms with E-state index in [0.29, 0.717) is 6.61 Å². The SMILES string of the molecule is CCOc1cn([C@@H]2O[C@H](CO)[C@@H](O)[C@H]2C=C=O)c(=O)nc1N. The highest BCUT2D eigenvalue weighted by molar-refractivity contribution is 5.46. The summed E-state index contributed by atoms with van der Waals surface area (Å²) in [6, 6.07) is 0. The molecule has 4 N–H and O–H groups in total. The molecule has 0 saturated carbocycles. The number of hydrogen-bond donors (Lipinski definition) is 3. The number of hydrogen-bond acceptors (Lipinski definition) is 8. The van der Waals surface area contributed by atoms with Gasteiger partial charge in [-0.25, -0.2) is 9.59 Å². The van der Waals surface area contributed by atoms with Crippen molar-refractivity contribution in [2.24, 2.45) is 5.92 Å². The first-order chi connectivity index (χ1) is 10.5. The molecule has 2 heterocycles. The molecule has 9 heteroatoms. The Labute approximate surface area is 125 Å². The summed E-state index contributed by atoms with van der Waals surface area (Å²) >= 11 is 0. The van der Waals surface area contributed by atoms with Crippen LogP contribution >= 0.6 is 0 Å². The van der Waals surface area contributed by atoms with Crippen LogP contribution in [-0.4, -0.2) is 51.1 Å². The number of ether oxygens (including phenoxy) is 2. The minimum Gasteiger partial charge on any atom is -0.488 e. The molecule has 0 bridgehead atoms. The molecule has 9 nitrogen and oxygen atoms in total. The van der Waals surface area contributed by atoms with Crippen LogP contribution in [0.1, 0.15) is 13.2 Å². The van der Waals surface area contributed by atoms with E-state index in [9.17, 15) is 19.8 Å². The molecule has 0 unspecified atom stereocenters. The van der Waals surface area contributed by atoms with E-state index in [2.05, 4.69) is 4.98 Å². The van der Waals surface area contributed by atoms with Crippen LogP contribution in [0.4, 0.5) is 5.82 Å². The van der Waals surface area contributed by atoms with Gasteiger partial charge in [0.15, 0.2) is 11.6 Å². The van der Waals surface area contributed by atoms with Gasteiger partial charge in [0, 0.05) is 6.08 Å². The lowest BCUT2D eigenvalue weighted by Gasteiger charge is -2.19. The van der Waals surface area contributed by atoms with Crippen LogP contribution in [0.15, 0.2) is 17.1 Å². The van der Waals surface area contributed by atoms with Crippen molar-refractivity contribution in [3.8, 4) is 5.75 Å². The number of anilines is 1. The van der Waals surface area contributed by atoms with Crippen LogP contribution in [0.3, 0.4) is 0 Å². The second-order valence-corrected chi connectivity index (χ2v) is 4.71. The molecule has 1 aromatic rings. The smallest absolute Gasteiger partial charge is 0.351 e. The fourth-order valence-corrected chi connectivity index (χ4v) is 2.34. The van der Waals surface area contributed by atoms with E-state index in [0.717, 1.165) is 10.6 Å². The molecule has 1 aromatic heterocycles. The summed E-state index contributed by atoms with van der Waals surface area (Å²) in [5.41, 5.74) is 4.88. The highest BCUT2D eigenvalue weighted by Gasteiger charge is 2.44. The minimum atomic E-state index is -1.16. The summed E-state index contributed by atoms with van der Waals surface area (Å²) < 4.78 is 11.8. The Morgan fingerprint density at radius 2 is 2.36 bits per heavy atom. The molecule has 1 saturated heterocycles. The maximum absolute atomic E-state index is 12.0. The van der Waals surface area contributed by atoms with Gasteiger partial charge in [-0.2, -0.15) is 4.98 Å². The van der Waals surface area contributed by atoms with Crippen molar-refractivity contribution in [2.75, 3.05) is 18.9 Å². The third-order valence-corrected chi connectivity index (χ3v) is 3.38. The molecule has 1 fully saturated rings. The van der Waals surface area contributed by atoms with Crippen LogP contribution in [0.2, 0.25) is 0 Å². The Bertz CT molecular complexity index is 639. The number of aliphatic hydroxyl groups excluding tert-OH is 2. The van der Waals surface area contributed by atoms with Crippen LogP contribution in [0.5, 0.6) is 5.75 Å². The maximum atomic E-state index is 12.0.